The maximum atomic E-state index is 13.2. The molecule has 3 aromatic rings. The molecule has 8 heteroatoms. The molecule has 0 atom stereocenters. The summed E-state index contributed by atoms with van der Waals surface area (Å²) in [5.41, 5.74) is 5.09. The molecule has 1 N–H and O–H groups in total. The highest BCUT2D eigenvalue weighted by atomic mass is 79.9. The van der Waals surface area contributed by atoms with Crippen molar-refractivity contribution in [3.8, 4) is 0 Å². The summed E-state index contributed by atoms with van der Waals surface area (Å²) in [5.74, 6) is -0.527. The van der Waals surface area contributed by atoms with Crippen LogP contribution >= 0.6 is 15.9 Å². The summed E-state index contributed by atoms with van der Waals surface area (Å²) in [6.45, 7) is 1.66. The number of amides is 1. The van der Waals surface area contributed by atoms with Gasteiger partial charge in [0.05, 0.1) is 17.7 Å². The Balaban J connectivity index is 1.77. The van der Waals surface area contributed by atoms with E-state index in [9.17, 15) is 13.2 Å². The Kier molecular flexibility index (Phi) is 7.73. The number of halogens is 1. The maximum Gasteiger partial charge on any atom is 0.255 e. The van der Waals surface area contributed by atoms with Gasteiger partial charge in [0.25, 0.3) is 5.91 Å². The van der Waals surface area contributed by atoms with Crippen LogP contribution in [0.4, 0.5) is 0 Å². The predicted octanol–water partition coefficient (Wildman–Crippen LogP) is 4.10. The van der Waals surface area contributed by atoms with Crippen LogP contribution in [0.1, 0.15) is 16.7 Å². The Hall–Kier alpha value is -2.81. The number of benzene rings is 3. The minimum atomic E-state index is -3.88. The molecule has 0 aliphatic rings. The van der Waals surface area contributed by atoms with Gasteiger partial charge in [-0.25, -0.2) is 13.8 Å². The van der Waals surface area contributed by atoms with E-state index in [2.05, 4.69) is 26.5 Å². The van der Waals surface area contributed by atoms with Gasteiger partial charge in [-0.3, -0.25) is 4.79 Å². The molecule has 0 spiro atoms. The summed E-state index contributed by atoms with van der Waals surface area (Å²) in [7, 11) is -3.88. The topological polar surface area (TPSA) is 78.8 Å². The third-order valence-electron chi connectivity index (χ3n) is 4.42. The summed E-state index contributed by atoms with van der Waals surface area (Å²) in [4.78, 5) is 12.6. The monoisotopic (exact) mass is 499 g/mol. The zero-order chi connectivity index (χ0) is 22.3. The summed E-state index contributed by atoms with van der Waals surface area (Å²) in [6, 6.07) is 23.0. The minimum absolute atomic E-state index is 0.0551. The molecule has 0 heterocycles. The second-order valence-corrected chi connectivity index (χ2v) is 9.77. The van der Waals surface area contributed by atoms with Crippen LogP contribution in [0.15, 0.2) is 93.3 Å². The third kappa shape index (κ3) is 6.58. The number of sulfonamides is 1. The molecule has 31 heavy (non-hydrogen) atoms. The van der Waals surface area contributed by atoms with Gasteiger partial charge in [-0.1, -0.05) is 76.1 Å². The number of aryl methyl sites for hydroxylation is 1. The molecule has 0 fully saturated rings. The lowest BCUT2D eigenvalue weighted by atomic mass is 10.2. The van der Waals surface area contributed by atoms with Crippen LogP contribution in [-0.4, -0.2) is 31.4 Å². The lowest BCUT2D eigenvalue weighted by molar-refractivity contribution is -0.121. The average molecular weight is 500 g/mol. The van der Waals surface area contributed by atoms with Crippen LogP contribution in [0.2, 0.25) is 0 Å². The quantitative estimate of drug-likeness (QED) is 0.374. The van der Waals surface area contributed by atoms with Crippen molar-refractivity contribution in [3.63, 3.8) is 0 Å². The van der Waals surface area contributed by atoms with E-state index < -0.39 is 15.9 Å². The molecule has 0 bridgehead atoms. The standard InChI is InChI=1S/C23H22BrN3O3S/c1-18-6-5-7-20(14-18)15-25-26-23(28)17-27(16-19-10-12-21(24)13-11-19)31(29,30)22-8-3-2-4-9-22/h2-15H,16-17H2,1H3,(H,26,28)/b25-15-. The Morgan fingerprint density at radius 3 is 2.42 bits per heavy atom. The zero-order valence-corrected chi connectivity index (χ0v) is 19.3. The van der Waals surface area contributed by atoms with Gasteiger partial charge in [0.2, 0.25) is 10.0 Å². The van der Waals surface area contributed by atoms with Crippen LogP contribution in [-0.2, 0) is 21.4 Å². The van der Waals surface area contributed by atoms with Crippen molar-refractivity contribution in [1.29, 1.82) is 0 Å². The van der Waals surface area contributed by atoms with Gasteiger partial charge in [-0.05, 0) is 42.3 Å². The van der Waals surface area contributed by atoms with Crippen molar-refractivity contribution in [1.82, 2.24) is 9.73 Å². The second kappa shape index (κ2) is 10.5. The Morgan fingerprint density at radius 1 is 1.03 bits per heavy atom. The summed E-state index contributed by atoms with van der Waals surface area (Å²) in [6.07, 6.45) is 1.52. The first-order valence-corrected chi connectivity index (χ1v) is 11.8. The smallest absolute Gasteiger partial charge is 0.255 e. The highest BCUT2D eigenvalue weighted by Gasteiger charge is 2.26. The molecular formula is C23H22BrN3O3S. The molecule has 3 rings (SSSR count). The van der Waals surface area contributed by atoms with Crippen LogP contribution < -0.4 is 5.43 Å². The molecule has 0 unspecified atom stereocenters. The van der Waals surface area contributed by atoms with E-state index in [4.69, 9.17) is 0 Å². The Morgan fingerprint density at radius 2 is 1.74 bits per heavy atom. The van der Waals surface area contributed by atoms with Crippen molar-refractivity contribution in [3.05, 3.63) is 100 Å². The first kappa shape index (κ1) is 22.9. The SMILES string of the molecule is Cc1cccc(/C=N\NC(=O)CN(Cc2ccc(Br)cc2)S(=O)(=O)c2ccccc2)c1. The maximum absolute atomic E-state index is 13.2. The number of nitrogens with one attached hydrogen (secondary N) is 1. The number of carbonyl (C=O) groups excluding carboxylic acids is 1. The molecule has 0 aliphatic carbocycles. The van der Waals surface area contributed by atoms with Crippen molar-refractivity contribution < 1.29 is 13.2 Å². The lowest BCUT2D eigenvalue weighted by Crippen LogP contribution is -2.39. The van der Waals surface area contributed by atoms with Gasteiger partial charge in [-0.15, -0.1) is 0 Å². The van der Waals surface area contributed by atoms with E-state index in [-0.39, 0.29) is 18.0 Å². The fraction of sp³-hybridized carbons (Fsp3) is 0.130. The van der Waals surface area contributed by atoms with Crippen LogP contribution in [0.25, 0.3) is 0 Å². The van der Waals surface area contributed by atoms with Gasteiger partial charge in [0.1, 0.15) is 0 Å². The van der Waals surface area contributed by atoms with Crippen molar-refractivity contribution >= 4 is 38.1 Å². The molecule has 0 radical (unpaired) electrons. The molecule has 6 nitrogen and oxygen atoms in total. The highest BCUT2D eigenvalue weighted by molar-refractivity contribution is 9.10. The summed E-state index contributed by atoms with van der Waals surface area (Å²) in [5, 5.41) is 3.96. The molecule has 0 saturated heterocycles. The third-order valence-corrected chi connectivity index (χ3v) is 6.75. The lowest BCUT2D eigenvalue weighted by Gasteiger charge is -2.21. The van der Waals surface area contributed by atoms with Crippen LogP contribution in [0.3, 0.4) is 0 Å². The summed E-state index contributed by atoms with van der Waals surface area (Å²) >= 11 is 3.37. The molecule has 1 amide bonds. The first-order chi connectivity index (χ1) is 14.8. The van der Waals surface area contributed by atoms with Gasteiger partial charge >= 0.3 is 0 Å². The van der Waals surface area contributed by atoms with Gasteiger partial charge in [0, 0.05) is 11.0 Å². The van der Waals surface area contributed by atoms with Crippen molar-refractivity contribution in [2.45, 2.75) is 18.4 Å². The molecule has 3 aromatic carbocycles. The normalized spacial score (nSPS) is 11.7. The van der Waals surface area contributed by atoms with Gasteiger partial charge in [-0.2, -0.15) is 9.41 Å². The zero-order valence-electron chi connectivity index (χ0n) is 16.9. The Bertz CT molecular complexity index is 1160. The average Bonchev–Trinajstić information content (AvgIpc) is 2.75. The van der Waals surface area contributed by atoms with E-state index >= 15 is 0 Å². The highest BCUT2D eigenvalue weighted by Crippen LogP contribution is 2.19. The van der Waals surface area contributed by atoms with Gasteiger partial charge in [0.15, 0.2) is 0 Å². The first-order valence-electron chi connectivity index (χ1n) is 9.53. The number of hydrogen-bond acceptors (Lipinski definition) is 4. The molecule has 160 valence electrons. The Labute approximate surface area is 190 Å². The van der Waals surface area contributed by atoms with E-state index in [1.54, 1.807) is 18.2 Å². The van der Waals surface area contributed by atoms with Crippen molar-refractivity contribution in [2.75, 3.05) is 6.54 Å². The predicted molar refractivity (Wildman–Crippen MR) is 125 cm³/mol. The van der Waals surface area contributed by atoms with E-state index in [0.29, 0.717) is 0 Å². The fourth-order valence-electron chi connectivity index (χ4n) is 2.89. The minimum Gasteiger partial charge on any atom is -0.272 e. The van der Waals surface area contributed by atoms with E-state index in [1.165, 1.54) is 18.3 Å². The van der Waals surface area contributed by atoms with Crippen LogP contribution in [0, 0.1) is 6.92 Å². The molecule has 0 saturated carbocycles. The van der Waals surface area contributed by atoms with Crippen molar-refractivity contribution in [2.24, 2.45) is 5.10 Å². The molecule has 0 aliphatic heterocycles. The number of hydrogen-bond donors (Lipinski definition) is 1. The largest absolute Gasteiger partial charge is 0.272 e. The summed E-state index contributed by atoms with van der Waals surface area (Å²) < 4.78 is 28.4. The number of nitrogens with zero attached hydrogens (tertiary/aromatic N) is 2. The number of rotatable bonds is 8. The number of carbonyl (C=O) groups is 1. The van der Waals surface area contributed by atoms with E-state index in [1.807, 2.05) is 55.5 Å². The molecular weight excluding hydrogens is 478 g/mol. The van der Waals surface area contributed by atoms with E-state index in [0.717, 1.165) is 25.5 Å². The fourth-order valence-corrected chi connectivity index (χ4v) is 4.56. The van der Waals surface area contributed by atoms with Gasteiger partial charge < -0.3 is 0 Å². The molecule has 0 aromatic heterocycles. The second-order valence-electron chi connectivity index (χ2n) is 6.92. The van der Waals surface area contributed by atoms with Crippen LogP contribution in [0.5, 0.6) is 0 Å². The number of hydrazone groups is 1.